The largest absolute Gasteiger partial charge is 0.371 e. The first-order valence-electron chi connectivity index (χ1n) is 11.9. The van der Waals surface area contributed by atoms with Crippen LogP contribution in [0, 0.1) is 11.7 Å². The fourth-order valence-corrected chi connectivity index (χ4v) is 4.89. The minimum Gasteiger partial charge on any atom is -0.371 e. The number of benzene rings is 2. The maximum absolute atomic E-state index is 13.9. The Hall–Kier alpha value is -2.93. The average Bonchev–Trinajstić information content (AvgIpc) is 3.53. The van der Waals surface area contributed by atoms with Gasteiger partial charge in [-0.3, -0.25) is 9.59 Å². The molecule has 2 saturated heterocycles. The summed E-state index contributed by atoms with van der Waals surface area (Å²) >= 11 is 0. The highest BCUT2D eigenvalue weighted by atomic mass is 19.1. The van der Waals surface area contributed by atoms with Gasteiger partial charge in [0.2, 0.25) is 5.91 Å². The molecule has 2 amide bonds. The predicted octanol–water partition coefficient (Wildman–Crippen LogP) is 3.90. The zero-order valence-corrected chi connectivity index (χ0v) is 19.1. The molecule has 6 nitrogen and oxygen atoms in total. The van der Waals surface area contributed by atoms with Gasteiger partial charge < -0.3 is 20.0 Å². The van der Waals surface area contributed by atoms with E-state index < -0.39 is 0 Å². The van der Waals surface area contributed by atoms with Crippen LogP contribution in [-0.4, -0.2) is 61.4 Å². The second kappa shape index (κ2) is 9.14. The molecule has 0 radical (unpaired) electrons. The number of likely N-dealkylation sites (N-methyl/N-ethyl adjacent to an activating group) is 1. The summed E-state index contributed by atoms with van der Waals surface area (Å²) in [6.07, 6.45) is 4.10. The molecule has 1 N–H and O–H groups in total. The van der Waals surface area contributed by atoms with E-state index in [2.05, 4.69) is 15.1 Å². The third-order valence-electron chi connectivity index (χ3n) is 6.99. The van der Waals surface area contributed by atoms with Crippen LogP contribution >= 0.6 is 0 Å². The lowest BCUT2D eigenvalue weighted by Gasteiger charge is -2.41. The van der Waals surface area contributed by atoms with E-state index in [0.29, 0.717) is 18.7 Å². The maximum atomic E-state index is 13.9. The van der Waals surface area contributed by atoms with Gasteiger partial charge in [-0.1, -0.05) is 12.1 Å². The number of hydrogen-bond donors (Lipinski definition) is 1. The first-order valence-corrected chi connectivity index (χ1v) is 11.9. The fourth-order valence-electron chi connectivity index (χ4n) is 4.89. The molecule has 2 aliphatic heterocycles. The van der Waals surface area contributed by atoms with Crippen molar-refractivity contribution in [3.63, 3.8) is 0 Å². The van der Waals surface area contributed by atoms with Crippen LogP contribution in [0.1, 0.15) is 47.6 Å². The lowest BCUT2D eigenvalue weighted by molar-refractivity contribution is -0.117. The van der Waals surface area contributed by atoms with E-state index in [1.54, 1.807) is 12.1 Å². The summed E-state index contributed by atoms with van der Waals surface area (Å²) in [5.41, 5.74) is 3.24. The van der Waals surface area contributed by atoms with E-state index in [1.807, 2.05) is 30.1 Å². The molecule has 2 aromatic carbocycles. The number of hydrogen-bond acceptors (Lipinski definition) is 4. The van der Waals surface area contributed by atoms with Crippen LogP contribution in [0.5, 0.6) is 0 Å². The van der Waals surface area contributed by atoms with Gasteiger partial charge in [0.05, 0.1) is 17.3 Å². The molecule has 2 heterocycles. The monoisotopic (exact) mass is 450 g/mol. The van der Waals surface area contributed by atoms with Crippen molar-refractivity contribution in [2.75, 3.05) is 50.0 Å². The van der Waals surface area contributed by atoms with E-state index in [-0.39, 0.29) is 29.6 Å². The molecule has 174 valence electrons. The topological polar surface area (TPSA) is 55.9 Å². The second-order valence-corrected chi connectivity index (χ2v) is 9.52. The Morgan fingerprint density at radius 3 is 2.39 bits per heavy atom. The second-order valence-electron chi connectivity index (χ2n) is 9.52. The molecule has 1 unspecified atom stereocenters. The number of carbonyl (C=O) groups excluding carboxylic acids is 2. The number of carbonyl (C=O) groups is 2. The SMILES string of the molecule is CN1CCN(C(=O)c2ccc(NC(=O)C3CC3)cc2N2CCCC2)C(c2ccc(F)cc2)C1. The van der Waals surface area contributed by atoms with Crippen LogP contribution in [0.25, 0.3) is 0 Å². The summed E-state index contributed by atoms with van der Waals surface area (Å²) in [5, 5.41) is 3.03. The Labute approximate surface area is 194 Å². The molecule has 0 bridgehead atoms. The summed E-state index contributed by atoms with van der Waals surface area (Å²) in [4.78, 5) is 32.6. The Morgan fingerprint density at radius 2 is 1.70 bits per heavy atom. The normalized spacial score (nSPS) is 21.3. The number of halogens is 1. The Morgan fingerprint density at radius 1 is 0.970 bits per heavy atom. The van der Waals surface area contributed by atoms with Gasteiger partial charge in [-0.05, 0) is 68.6 Å². The summed E-state index contributed by atoms with van der Waals surface area (Å²) < 4.78 is 13.5. The molecule has 1 saturated carbocycles. The van der Waals surface area contributed by atoms with Gasteiger partial charge in [0.25, 0.3) is 5.91 Å². The van der Waals surface area contributed by atoms with Gasteiger partial charge in [-0.15, -0.1) is 0 Å². The molecule has 5 rings (SSSR count). The standard InChI is InChI=1S/C26H31FN4O2/c1-29-14-15-31(24(17-29)18-6-8-20(27)9-7-18)26(33)22-11-10-21(28-25(32)19-4-5-19)16-23(22)30-12-2-3-13-30/h6-11,16,19,24H,2-5,12-15,17H2,1H3,(H,28,32). The minimum absolute atomic E-state index is 0.0144. The molecule has 1 aliphatic carbocycles. The first kappa shape index (κ1) is 21.9. The molecule has 1 atom stereocenters. The summed E-state index contributed by atoms with van der Waals surface area (Å²) in [6.45, 7) is 3.91. The van der Waals surface area contributed by atoms with Crippen molar-refractivity contribution < 1.29 is 14.0 Å². The van der Waals surface area contributed by atoms with Crippen LogP contribution in [-0.2, 0) is 4.79 Å². The summed E-state index contributed by atoms with van der Waals surface area (Å²) in [6, 6.07) is 12.0. The van der Waals surface area contributed by atoms with Gasteiger partial charge in [-0.25, -0.2) is 4.39 Å². The van der Waals surface area contributed by atoms with Crippen molar-refractivity contribution in [2.24, 2.45) is 5.92 Å². The van der Waals surface area contributed by atoms with Gasteiger partial charge in [0.15, 0.2) is 0 Å². The molecule has 3 aliphatic rings. The molecule has 2 aromatic rings. The fraction of sp³-hybridized carbons (Fsp3) is 0.462. The molecule has 7 heteroatoms. The summed E-state index contributed by atoms with van der Waals surface area (Å²) in [5.74, 6) is -0.0967. The van der Waals surface area contributed by atoms with Crippen molar-refractivity contribution >= 4 is 23.2 Å². The number of nitrogens with one attached hydrogen (secondary N) is 1. The van der Waals surface area contributed by atoms with Gasteiger partial charge in [-0.2, -0.15) is 0 Å². The molecule has 33 heavy (non-hydrogen) atoms. The van der Waals surface area contributed by atoms with Crippen LogP contribution in [0.3, 0.4) is 0 Å². The third kappa shape index (κ3) is 4.74. The van der Waals surface area contributed by atoms with Gasteiger partial charge in [0.1, 0.15) is 5.82 Å². The quantitative estimate of drug-likeness (QED) is 0.751. The Bertz CT molecular complexity index is 1030. The number of amides is 2. The highest BCUT2D eigenvalue weighted by Crippen LogP contribution is 2.34. The van der Waals surface area contributed by atoms with Crippen molar-refractivity contribution in [2.45, 2.75) is 31.7 Å². The first-order chi connectivity index (χ1) is 16.0. The Balaban J connectivity index is 1.46. The highest BCUT2D eigenvalue weighted by Gasteiger charge is 2.33. The Kier molecular flexibility index (Phi) is 6.06. The van der Waals surface area contributed by atoms with Gasteiger partial charge >= 0.3 is 0 Å². The van der Waals surface area contributed by atoms with Crippen LogP contribution in [0.4, 0.5) is 15.8 Å². The minimum atomic E-state index is -0.277. The highest BCUT2D eigenvalue weighted by molar-refractivity contribution is 6.02. The maximum Gasteiger partial charge on any atom is 0.256 e. The van der Waals surface area contributed by atoms with Crippen molar-refractivity contribution in [3.05, 3.63) is 59.4 Å². The van der Waals surface area contributed by atoms with E-state index in [4.69, 9.17) is 0 Å². The van der Waals surface area contributed by atoms with Crippen LogP contribution in [0.2, 0.25) is 0 Å². The third-order valence-corrected chi connectivity index (χ3v) is 6.99. The van der Waals surface area contributed by atoms with Crippen LogP contribution < -0.4 is 10.2 Å². The van der Waals surface area contributed by atoms with Crippen molar-refractivity contribution in [1.29, 1.82) is 0 Å². The number of anilines is 2. The number of nitrogens with zero attached hydrogens (tertiary/aromatic N) is 3. The zero-order valence-electron chi connectivity index (χ0n) is 19.1. The summed E-state index contributed by atoms with van der Waals surface area (Å²) in [7, 11) is 2.05. The van der Waals surface area contributed by atoms with Crippen molar-refractivity contribution in [1.82, 2.24) is 9.80 Å². The molecular weight excluding hydrogens is 419 g/mol. The molecule has 3 fully saturated rings. The zero-order chi connectivity index (χ0) is 22.9. The lowest BCUT2D eigenvalue weighted by Crippen LogP contribution is -2.49. The smallest absolute Gasteiger partial charge is 0.256 e. The van der Waals surface area contributed by atoms with Gasteiger partial charge in [0, 0.05) is 44.3 Å². The van der Waals surface area contributed by atoms with E-state index >= 15 is 0 Å². The number of rotatable bonds is 5. The predicted molar refractivity (Wildman–Crippen MR) is 127 cm³/mol. The van der Waals surface area contributed by atoms with E-state index in [1.165, 1.54) is 12.1 Å². The van der Waals surface area contributed by atoms with Crippen LogP contribution in [0.15, 0.2) is 42.5 Å². The van der Waals surface area contributed by atoms with Crippen molar-refractivity contribution in [3.8, 4) is 0 Å². The molecule has 0 spiro atoms. The molecule has 0 aromatic heterocycles. The van der Waals surface area contributed by atoms with E-state index in [0.717, 1.165) is 62.3 Å². The average molecular weight is 451 g/mol. The number of piperazine rings is 1. The van der Waals surface area contributed by atoms with E-state index in [9.17, 15) is 14.0 Å². The lowest BCUT2D eigenvalue weighted by atomic mass is 10.00. The molecular formula is C26H31FN4O2.